The van der Waals surface area contributed by atoms with Gasteiger partial charge in [-0.2, -0.15) is 0 Å². The Morgan fingerprint density at radius 1 is 1.12 bits per heavy atom. The summed E-state index contributed by atoms with van der Waals surface area (Å²) in [4.78, 5) is 0. The number of allylic oxidation sites excluding steroid dienone is 2. The van der Waals surface area contributed by atoms with Crippen LogP contribution in [0.4, 0.5) is 0 Å². The van der Waals surface area contributed by atoms with Gasteiger partial charge >= 0.3 is 0 Å². The first-order chi connectivity index (χ1) is 3.68. The molecule has 0 nitrogen and oxygen atoms in total. The average molecular weight is 112 g/mol. The van der Waals surface area contributed by atoms with Crippen molar-refractivity contribution >= 4 is 0 Å². The van der Waals surface area contributed by atoms with Crippen LogP contribution in [0.15, 0.2) is 12.2 Å². The van der Waals surface area contributed by atoms with Crippen molar-refractivity contribution in [3.63, 3.8) is 0 Å². The summed E-state index contributed by atoms with van der Waals surface area (Å²) in [7, 11) is 0. The second-order valence-electron chi connectivity index (χ2n) is 2.63. The van der Waals surface area contributed by atoms with Gasteiger partial charge < -0.3 is 0 Å². The van der Waals surface area contributed by atoms with Crippen LogP contribution in [0.25, 0.3) is 0 Å². The van der Waals surface area contributed by atoms with Crippen molar-refractivity contribution in [2.75, 3.05) is 0 Å². The zero-order valence-electron chi connectivity index (χ0n) is 6.31. The first-order valence-corrected chi connectivity index (χ1v) is 3.31. The van der Waals surface area contributed by atoms with Gasteiger partial charge in [0.15, 0.2) is 0 Å². The van der Waals surface area contributed by atoms with Crippen LogP contribution in [0.5, 0.6) is 0 Å². The molecule has 0 bridgehead atoms. The van der Waals surface area contributed by atoms with Gasteiger partial charge in [0.05, 0.1) is 0 Å². The molecule has 48 valence electrons. The Morgan fingerprint density at radius 2 is 1.62 bits per heavy atom. The predicted octanol–water partition coefficient (Wildman–Crippen LogP) is 2.85. The zero-order chi connectivity index (χ0) is 6.57. The van der Waals surface area contributed by atoms with Gasteiger partial charge in [0.25, 0.3) is 0 Å². The Morgan fingerprint density at radius 3 is 1.75 bits per heavy atom. The number of hydrogen-bond donors (Lipinski definition) is 0. The van der Waals surface area contributed by atoms with Crippen molar-refractivity contribution in [3.05, 3.63) is 12.2 Å². The van der Waals surface area contributed by atoms with E-state index in [1.54, 1.807) is 0 Å². The Labute approximate surface area is 52.6 Å². The molecule has 0 radical (unpaired) electrons. The summed E-state index contributed by atoms with van der Waals surface area (Å²) in [5.74, 6) is 1.52. The van der Waals surface area contributed by atoms with Crippen LogP contribution in [-0.4, -0.2) is 0 Å². The fourth-order valence-electron chi connectivity index (χ4n) is 0.526. The Kier molecular flexibility index (Phi) is 3.59. The molecule has 0 aliphatic heterocycles. The van der Waals surface area contributed by atoms with Gasteiger partial charge in [-0.05, 0) is 18.8 Å². The molecule has 0 aromatic rings. The standard InChI is InChI=1S/C8H16/c1-5-6-8(4)7(2)3/h5-8H,1-4H3/b6-5-. The van der Waals surface area contributed by atoms with E-state index in [1.807, 2.05) is 0 Å². The monoisotopic (exact) mass is 112 g/mol. The molecule has 1 unspecified atom stereocenters. The van der Waals surface area contributed by atoms with Gasteiger partial charge in [0.1, 0.15) is 0 Å². The lowest BCUT2D eigenvalue weighted by molar-refractivity contribution is 0.504. The summed E-state index contributed by atoms with van der Waals surface area (Å²) in [6, 6.07) is 0. The minimum Gasteiger partial charge on any atom is -0.0914 e. The largest absolute Gasteiger partial charge is 0.0914 e. The first-order valence-electron chi connectivity index (χ1n) is 3.31. The minimum atomic E-state index is 0.736. The fourth-order valence-corrected chi connectivity index (χ4v) is 0.526. The second kappa shape index (κ2) is 3.71. The molecule has 0 saturated heterocycles. The molecule has 0 spiro atoms. The molecule has 0 saturated carbocycles. The Hall–Kier alpha value is -0.260. The van der Waals surface area contributed by atoms with Crippen molar-refractivity contribution in [3.8, 4) is 0 Å². The van der Waals surface area contributed by atoms with Crippen LogP contribution >= 0.6 is 0 Å². The molecule has 0 rings (SSSR count). The van der Waals surface area contributed by atoms with E-state index >= 15 is 0 Å². The lowest BCUT2D eigenvalue weighted by Gasteiger charge is -2.08. The third kappa shape index (κ3) is 2.84. The predicted molar refractivity (Wildman–Crippen MR) is 38.8 cm³/mol. The maximum Gasteiger partial charge on any atom is -0.0239 e. The van der Waals surface area contributed by atoms with E-state index in [9.17, 15) is 0 Å². The molecule has 0 aromatic carbocycles. The van der Waals surface area contributed by atoms with Crippen molar-refractivity contribution in [1.29, 1.82) is 0 Å². The van der Waals surface area contributed by atoms with Gasteiger partial charge in [-0.15, -0.1) is 0 Å². The highest BCUT2D eigenvalue weighted by molar-refractivity contribution is 4.84. The summed E-state index contributed by atoms with van der Waals surface area (Å²) < 4.78 is 0. The van der Waals surface area contributed by atoms with Crippen molar-refractivity contribution in [2.24, 2.45) is 11.8 Å². The van der Waals surface area contributed by atoms with Gasteiger partial charge in [-0.1, -0.05) is 32.9 Å². The highest BCUT2D eigenvalue weighted by Gasteiger charge is 1.99. The lowest BCUT2D eigenvalue weighted by Crippen LogP contribution is -1.98. The van der Waals surface area contributed by atoms with Crippen LogP contribution in [0, 0.1) is 11.8 Å². The SMILES string of the molecule is C/C=C\C(C)C(C)C. The molecule has 8 heavy (non-hydrogen) atoms. The molecular weight excluding hydrogens is 96.1 g/mol. The fraction of sp³-hybridized carbons (Fsp3) is 0.750. The average Bonchev–Trinajstić information content (AvgIpc) is 1.67. The van der Waals surface area contributed by atoms with Gasteiger partial charge in [-0.25, -0.2) is 0 Å². The van der Waals surface area contributed by atoms with E-state index in [-0.39, 0.29) is 0 Å². The second-order valence-corrected chi connectivity index (χ2v) is 2.63. The van der Waals surface area contributed by atoms with E-state index in [1.165, 1.54) is 0 Å². The summed E-state index contributed by atoms with van der Waals surface area (Å²) in [6.45, 7) is 8.79. The summed E-state index contributed by atoms with van der Waals surface area (Å²) in [5, 5.41) is 0. The van der Waals surface area contributed by atoms with Gasteiger partial charge in [0.2, 0.25) is 0 Å². The van der Waals surface area contributed by atoms with E-state index < -0.39 is 0 Å². The van der Waals surface area contributed by atoms with Crippen molar-refractivity contribution in [1.82, 2.24) is 0 Å². The number of hydrogen-bond acceptors (Lipinski definition) is 0. The smallest absolute Gasteiger partial charge is 0.0239 e. The molecule has 1 atom stereocenters. The van der Waals surface area contributed by atoms with Crippen LogP contribution in [0.1, 0.15) is 27.7 Å². The lowest BCUT2D eigenvalue weighted by atomic mass is 9.98. The summed E-state index contributed by atoms with van der Waals surface area (Å²) in [5.41, 5.74) is 0. The quantitative estimate of drug-likeness (QED) is 0.482. The van der Waals surface area contributed by atoms with Crippen LogP contribution in [-0.2, 0) is 0 Å². The zero-order valence-corrected chi connectivity index (χ0v) is 6.31. The maximum atomic E-state index is 2.24. The van der Waals surface area contributed by atoms with Gasteiger partial charge in [-0.3, -0.25) is 0 Å². The van der Waals surface area contributed by atoms with Crippen LogP contribution in [0.2, 0.25) is 0 Å². The first kappa shape index (κ1) is 7.74. The molecule has 0 fully saturated rings. The Balaban J connectivity index is 3.47. The van der Waals surface area contributed by atoms with E-state index in [0.29, 0.717) is 0 Å². The molecule has 0 aromatic heterocycles. The maximum absolute atomic E-state index is 2.24. The highest BCUT2D eigenvalue weighted by atomic mass is 14.0. The summed E-state index contributed by atoms with van der Waals surface area (Å²) >= 11 is 0. The van der Waals surface area contributed by atoms with Crippen molar-refractivity contribution in [2.45, 2.75) is 27.7 Å². The minimum absolute atomic E-state index is 0.736. The molecule has 0 aliphatic rings. The summed E-state index contributed by atoms with van der Waals surface area (Å²) in [6.07, 6.45) is 4.36. The normalized spacial score (nSPS) is 15.6. The van der Waals surface area contributed by atoms with Crippen LogP contribution < -0.4 is 0 Å². The van der Waals surface area contributed by atoms with E-state index in [4.69, 9.17) is 0 Å². The third-order valence-corrected chi connectivity index (χ3v) is 1.55. The highest BCUT2D eigenvalue weighted by Crippen LogP contribution is 2.09. The molecule has 0 amide bonds. The van der Waals surface area contributed by atoms with E-state index in [2.05, 4.69) is 39.8 Å². The molecule has 0 aliphatic carbocycles. The van der Waals surface area contributed by atoms with Crippen molar-refractivity contribution < 1.29 is 0 Å². The van der Waals surface area contributed by atoms with Crippen LogP contribution in [0.3, 0.4) is 0 Å². The molecule has 0 heterocycles. The van der Waals surface area contributed by atoms with E-state index in [0.717, 1.165) is 11.8 Å². The topological polar surface area (TPSA) is 0 Å². The van der Waals surface area contributed by atoms with Gasteiger partial charge in [0, 0.05) is 0 Å². The number of rotatable bonds is 2. The molecular formula is C8H16. The molecule has 0 heteroatoms. The third-order valence-electron chi connectivity index (χ3n) is 1.55. The Bertz CT molecular complexity index is 70.1. The molecule has 0 N–H and O–H groups in total.